The van der Waals surface area contributed by atoms with Crippen LogP contribution in [0.15, 0.2) is 30.3 Å². The summed E-state index contributed by atoms with van der Waals surface area (Å²) in [6, 6.07) is 8.69. The normalized spacial score (nSPS) is 20.5. The fourth-order valence-corrected chi connectivity index (χ4v) is 2.28. The van der Waals surface area contributed by atoms with Crippen LogP contribution < -0.4 is 0 Å². The van der Waals surface area contributed by atoms with E-state index in [2.05, 4.69) is 0 Å². The van der Waals surface area contributed by atoms with Gasteiger partial charge in [0.1, 0.15) is 5.92 Å². The third-order valence-electron chi connectivity index (χ3n) is 3.17. The molecule has 0 bridgehead atoms. The zero-order valence-corrected chi connectivity index (χ0v) is 12.4. The molecule has 1 heterocycles. The molecule has 1 aliphatic rings. The summed E-state index contributed by atoms with van der Waals surface area (Å²) in [5.74, 6) is -2.37. The van der Waals surface area contributed by atoms with E-state index in [4.69, 9.17) is 14.3 Å². The minimum absolute atomic E-state index is 0.0528. The molecule has 2 unspecified atom stereocenters. The summed E-state index contributed by atoms with van der Waals surface area (Å²) in [7, 11) is 0. The first kappa shape index (κ1) is 15.8. The van der Waals surface area contributed by atoms with Crippen molar-refractivity contribution >= 4 is 17.7 Å². The lowest BCUT2D eigenvalue weighted by Gasteiger charge is -2.17. The van der Waals surface area contributed by atoms with Crippen molar-refractivity contribution in [2.24, 2.45) is 0 Å². The first-order valence-electron chi connectivity index (χ1n) is 6.99. The van der Waals surface area contributed by atoms with Gasteiger partial charge in [0.25, 0.3) is 0 Å². The highest BCUT2D eigenvalue weighted by atomic mass is 16.9. The molecule has 0 aliphatic carbocycles. The Kier molecular flexibility index (Phi) is 4.98. The van der Waals surface area contributed by atoms with E-state index >= 15 is 0 Å². The number of benzene rings is 1. The summed E-state index contributed by atoms with van der Waals surface area (Å²) in [5, 5.41) is 11.9. The van der Waals surface area contributed by atoms with E-state index in [1.807, 2.05) is 0 Å². The van der Waals surface area contributed by atoms with Gasteiger partial charge in [-0.3, -0.25) is 10.0 Å². The quantitative estimate of drug-likeness (QED) is 0.599. The van der Waals surface area contributed by atoms with Gasteiger partial charge < -0.3 is 14.3 Å². The van der Waals surface area contributed by atoms with Gasteiger partial charge in [-0.05, 0) is 19.4 Å². The minimum Gasteiger partial charge on any atom is -0.465 e. The van der Waals surface area contributed by atoms with Gasteiger partial charge in [0, 0.05) is 0 Å². The summed E-state index contributed by atoms with van der Waals surface area (Å²) in [6.07, 6.45) is -1.21. The van der Waals surface area contributed by atoms with Crippen molar-refractivity contribution in [1.82, 2.24) is 0 Å². The highest BCUT2D eigenvalue weighted by Crippen LogP contribution is 2.30. The van der Waals surface area contributed by atoms with Crippen LogP contribution in [0.2, 0.25) is 0 Å². The molecule has 1 aliphatic heterocycles. The van der Waals surface area contributed by atoms with Crippen LogP contribution in [0.3, 0.4) is 0 Å². The standard InChI is InChI=1S/C15H17NO6/c1-3-20-14(17)12-11(10-8-6-5-7-9-10)13(22-16(12)19)15(18)21-4-2/h5-9,11,13H,3-4H2,1-2H3. The summed E-state index contributed by atoms with van der Waals surface area (Å²) in [5.41, 5.74) is 0.341. The van der Waals surface area contributed by atoms with Crippen molar-refractivity contribution in [3.63, 3.8) is 0 Å². The zero-order chi connectivity index (χ0) is 16.1. The molecule has 2 atom stereocenters. The van der Waals surface area contributed by atoms with Crippen molar-refractivity contribution in [2.75, 3.05) is 13.2 Å². The van der Waals surface area contributed by atoms with E-state index in [-0.39, 0.29) is 23.8 Å². The predicted molar refractivity (Wildman–Crippen MR) is 76.0 cm³/mol. The Balaban J connectivity index is 2.40. The summed E-state index contributed by atoms with van der Waals surface area (Å²) in [4.78, 5) is 29.1. The predicted octanol–water partition coefficient (Wildman–Crippen LogP) is 1.16. The maximum atomic E-state index is 12.0. The average Bonchev–Trinajstić information content (AvgIpc) is 2.86. The second-order valence-electron chi connectivity index (χ2n) is 4.53. The fraction of sp³-hybridized carbons (Fsp3) is 0.400. The van der Waals surface area contributed by atoms with E-state index in [0.29, 0.717) is 5.56 Å². The van der Waals surface area contributed by atoms with E-state index < -0.39 is 24.0 Å². The molecule has 0 fully saturated rings. The van der Waals surface area contributed by atoms with Crippen LogP contribution in [0, 0.1) is 5.21 Å². The second-order valence-corrected chi connectivity index (χ2v) is 4.53. The Bertz CT molecular complexity index is 583. The smallest absolute Gasteiger partial charge is 0.405 e. The minimum atomic E-state index is -1.21. The maximum absolute atomic E-state index is 12.0. The van der Waals surface area contributed by atoms with Gasteiger partial charge in [0.15, 0.2) is 6.10 Å². The van der Waals surface area contributed by atoms with Crippen LogP contribution in [0.4, 0.5) is 0 Å². The Morgan fingerprint density at radius 3 is 2.41 bits per heavy atom. The average molecular weight is 307 g/mol. The van der Waals surface area contributed by atoms with Crippen molar-refractivity contribution in [1.29, 1.82) is 0 Å². The molecule has 0 aromatic heterocycles. The molecule has 2 rings (SSSR count). The molecule has 1 aromatic rings. The number of esters is 2. The summed E-state index contributed by atoms with van der Waals surface area (Å²) in [6.45, 7) is 3.54. The van der Waals surface area contributed by atoms with E-state index in [0.717, 1.165) is 0 Å². The first-order valence-corrected chi connectivity index (χ1v) is 6.99. The Labute approximate surface area is 127 Å². The van der Waals surface area contributed by atoms with E-state index in [9.17, 15) is 14.8 Å². The van der Waals surface area contributed by atoms with Crippen molar-refractivity contribution < 1.29 is 28.8 Å². The number of carbonyl (C=O) groups excluding carboxylic acids is 2. The van der Waals surface area contributed by atoms with Gasteiger partial charge in [-0.15, -0.1) is 0 Å². The number of rotatable bonds is 5. The number of hydrogen-bond donors (Lipinski definition) is 0. The van der Waals surface area contributed by atoms with E-state index in [1.54, 1.807) is 44.2 Å². The van der Waals surface area contributed by atoms with Crippen LogP contribution in [0.5, 0.6) is 0 Å². The topological polar surface area (TPSA) is 87.9 Å². The largest absolute Gasteiger partial charge is 0.465 e. The SMILES string of the molecule is CCOC(=O)C1=[N+]([O-])OC(C(=O)OCC)C1c1ccccc1. The molecule has 0 amide bonds. The number of hydrogen-bond acceptors (Lipinski definition) is 6. The number of carbonyl (C=O) groups is 2. The van der Waals surface area contributed by atoms with Crippen LogP contribution in [0.25, 0.3) is 0 Å². The molecule has 7 heteroatoms. The summed E-state index contributed by atoms with van der Waals surface area (Å²) >= 11 is 0. The Hall–Kier alpha value is -2.57. The zero-order valence-electron chi connectivity index (χ0n) is 12.4. The fourth-order valence-electron chi connectivity index (χ4n) is 2.28. The molecule has 0 saturated heterocycles. The molecule has 22 heavy (non-hydrogen) atoms. The molecule has 0 N–H and O–H groups in total. The number of ether oxygens (including phenoxy) is 2. The molecular weight excluding hydrogens is 290 g/mol. The highest BCUT2D eigenvalue weighted by molar-refractivity contribution is 6.37. The molecule has 0 spiro atoms. The molecule has 0 radical (unpaired) electrons. The van der Waals surface area contributed by atoms with Crippen LogP contribution in [-0.2, 0) is 23.9 Å². The highest BCUT2D eigenvalue weighted by Gasteiger charge is 2.50. The lowest BCUT2D eigenvalue weighted by atomic mass is 9.89. The van der Waals surface area contributed by atoms with Crippen molar-refractivity contribution in [2.45, 2.75) is 25.9 Å². The first-order chi connectivity index (χ1) is 10.6. The second kappa shape index (κ2) is 6.93. The third kappa shape index (κ3) is 3.03. The van der Waals surface area contributed by atoms with Crippen molar-refractivity contribution in [3.8, 4) is 0 Å². The van der Waals surface area contributed by atoms with Crippen LogP contribution in [0.1, 0.15) is 25.3 Å². The van der Waals surface area contributed by atoms with Crippen LogP contribution >= 0.6 is 0 Å². The lowest BCUT2D eigenvalue weighted by molar-refractivity contribution is -0.736. The van der Waals surface area contributed by atoms with E-state index in [1.165, 1.54) is 0 Å². The van der Waals surface area contributed by atoms with Crippen LogP contribution in [-0.4, -0.2) is 41.9 Å². The lowest BCUT2D eigenvalue weighted by Crippen LogP contribution is -2.34. The Morgan fingerprint density at radius 1 is 1.18 bits per heavy atom. The van der Waals surface area contributed by atoms with Crippen molar-refractivity contribution in [3.05, 3.63) is 41.1 Å². The monoisotopic (exact) mass is 307 g/mol. The third-order valence-corrected chi connectivity index (χ3v) is 3.17. The molecule has 1 aromatic carbocycles. The van der Waals surface area contributed by atoms with Gasteiger partial charge in [-0.25, -0.2) is 4.79 Å². The van der Waals surface area contributed by atoms with Gasteiger partial charge in [-0.2, -0.15) is 0 Å². The van der Waals surface area contributed by atoms with Gasteiger partial charge in [0.05, 0.1) is 18.1 Å². The van der Waals surface area contributed by atoms with Gasteiger partial charge in [0.2, 0.25) is 0 Å². The van der Waals surface area contributed by atoms with Gasteiger partial charge in [-0.1, -0.05) is 30.3 Å². The maximum Gasteiger partial charge on any atom is 0.405 e. The van der Waals surface area contributed by atoms with Gasteiger partial charge >= 0.3 is 17.7 Å². The molecular formula is C15H17NO6. The molecule has 118 valence electrons. The molecule has 7 nitrogen and oxygen atoms in total. The Morgan fingerprint density at radius 2 is 1.82 bits per heavy atom. The number of nitrogens with zero attached hydrogens (tertiary/aromatic N) is 1. The molecule has 0 saturated carbocycles. The summed E-state index contributed by atoms with van der Waals surface area (Å²) < 4.78 is 9.81.